The first kappa shape index (κ1) is 23.9. The molecule has 0 saturated carbocycles. The van der Waals surface area contributed by atoms with Gasteiger partial charge in [-0.3, -0.25) is 14.4 Å². The lowest BCUT2D eigenvalue weighted by molar-refractivity contribution is -0.124. The van der Waals surface area contributed by atoms with Gasteiger partial charge in [-0.05, 0) is 69.0 Å². The van der Waals surface area contributed by atoms with E-state index in [2.05, 4.69) is 10.5 Å². The Balaban J connectivity index is 1.52. The number of fused-ring (bicyclic) bond motifs is 1. The predicted molar refractivity (Wildman–Crippen MR) is 135 cm³/mol. The van der Waals surface area contributed by atoms with Crippen LogP contribution in [-0.2, 0) is 9.63 Å². The average molecular weight is 461 g/mol. The second kappa shape index (κ2) is 9.91. The summed E-state index contributed by atoms with van der Waals surface area (Å²) in [5, 5.41) is 0. The summed E-state index contributed by atoms with van der Waals surface area (Å²) in [4.78, 5) is 37.1. The Bertz CT molecular complexity index is 1140. The Morgan fingerprint density at radius 1 is 1.06 bits per heavy atom. The lowest BCUT2D eigenvalue weighted by Crippen LogP contribution is -2.37. The van der Waals surface area contributed by atoms with E-state index in [0.717, 1.165) is 42.6 Å². The van der Waals surface area contributed by atoms with E-state index in [4.69, 9.17) is 10.6 Å². The number of carbonyl (C=O) groups excluding carboxylic acids is 2. The second-order valence-electron chi connectivity index (χ2n) is 9.86. The Labute approximate surface area is 200 Å². The van der Waals surface area contributed by atoms with Crippen molar-refractivity contribution in [3.8, 4) is 11.1 Å². The Kier molecular flexibility index (Phi) is 6.95. The highest BCUT2D eigenvalue weighted by molar-refractivity contribution is 6.07. The number of nitrogens with one attached hydrogen (secondary N) is 1. The molecule has 1 amide bonds. The Morgan fingerprint density at radius 2 is 1.74 bits per heavy atom. The van der Waals surface area contributed by atoms with E-state index >= 15 is 0 Å². The molecule has 1 fully saturated rings. The third-order valence-electron chi connectivity index (χ3n) is 5.79. The minimum Gasteiger partial charge on any atom is -0.387 e. The number of rotatable bonds is 6. The molecule has 2 heterocycles. The lowest BCUT2D eigenvalue weighted by atomic mass is 9.99. The number of likely N-dealkylation sites (tertiary alicyclic amines) is 1. The van der Waals surface area contributed by atoms with Gasteiger partial charge < -0.3 is 10.6 Å². The maximum Gasteiger partial charge on any atom is 0.253 e. The predicted octanol–water partition coefficient (Wildman–Crippen LogP) is 4.25. The molecule has 0 spiro atoms. The van der Waals surface area contributed by atoms with Crippen molar-refractivity contribution < 1.29 is 14.4 Å². The van der Waals surface area contributed by atoms with Crippen LogP contribution in [0.5, 0.6) is 0 Å². The summed E-state index contributed by atoms with van der Waals surface area (Å²) in [6, 6.07) is 13.6. The van der Waals surface area contributed by atoms with Crippen molar-refractivity contribution in [3.63, 3.8) is 0 Å². The summed E-state index contributed by atoms with van der Waals surface area (Å²) in [6.07, 6.45) is 4.26. The summed E-state index contributed by atoms with van der Waals surface area (Å²) in [6.45, 7) is 7.47. The molecule has 34 heavy (non-hydrogen) atoms. The van der Waals surface area contributed by atoms with E-state index < -0.39 is 0 Å². The van der Waals surface area contributed by atoms with Crippen LogP contribution < -0.4 is 11.2 Å². The number of hydrogen-bond donors (Lipinski definition) is 2. The Morgan fingerprint density at radius 3 is 2.41 bits per heavy atom. The number of Topliss-reactive ketones (excluding diaryl/α,β-unsaturated/α-hetero) is 1. The van der Waals surface area contributed by atoms with Crippen LogP contribution in [0.4, 0.5) is 5.69 Å². The number of carbonyl (C=O) groups is 2. The maximum absolute atomic E-state index is 12.7. The van der Waals surface area contributed by atoms with Crippen LogP contribution in [0.2, 0.25) is 0 Å². The summed E-state index contributed by atoms with van der Waals surface area (Å²) < 4.78 is 0. The first-order valence-electron chi connectivity index (χ1n) is 11.7. The van der Waals surface area contributed by atoms with E-state index in [1.54, 1.807) is 0 Å². The van der Waals surface area contributed by atoms with Crippen LogP contribution in [0.1, 0.15) is 56.0 Å². The molecule has 0 radical (unpaired) electrons. The van der Waals surface area contributed by atoms with Crippen LogP contribution in [0.15, 0.2) is 53.0 Å². The van der Waals surface area contributed by atoms with Crippen molar-refractivity contribution in [1.82, 2.24) is 10.4 Å². The first-order valence-corrected chi connectivity index (χ1v) is 11.7. The molecule has 0 aromatic heterocycles. The van der Waals surface area contributed by atoms with Gasteiger partial charge in [0.05, 0.1) is 5.69 Å². The van der Waals surface area contributed by atoms with E-state index in [9.17, 15) is 9.59 Å². The topological polar surface area (TPSA) is 97.0 Å². The highest BCUT2D eigenvalue weighted by atomic mass is 16.6. The van der Waals surface area contributed by atoms with Crippen LogP contribution in [0.25, 0.3) is 17.2 Å². The van der Waals surface area contributed by atoms with Gasteiger partial charge in [-0.1, -0.05) is 24.3 Å². The molecule has 7 nitrogen and oxygen atoms in total. The van der Waals surface area contributed by atoms with Gasteiger partial charge in [-0.15, -0.1) is 0 Å². The van der Waals surface area contributed by atoms with Gasteiger partial charge in [0.25, 0.3) is 5.91 Å². The molecule has 0 atom stereocenters. The molecule has 7 heteroatoms. The van der Waals surface area contributed by atoms with Crippen molar-refractivity contribution in [2.45, 2.75) is 45.6 Å². The summed E-state index contributed by atoms with van der Waals surface area (Å²) >= 11 is 0. The number of nitrogens with two attached hydrogens (primary N) is 1. The van der Waals surface area contributed by atoms with E-state index in [1.165, 1.54) is 0 Å². The molecule has 3 N–H and O–H groups in total. The van der Waals surface area contributed by atoms with Crippen LogP contribution >= 0.6 is 0 Å². The standard InChI is InChI=1S/C27H32N4O3/c1-27(2,3)30-34-17-24(32)22-14-21-11-10-20(15-23(21)29-25(28)16-22)18-6-8-19(9-7-18)26(33)31-12-4-5-13-31/h6-11,14-15,30H,4-5,12-13,16-17H2,1-3H3,(H2,28,29). The van der Waals surface area contributed by atoms with Gasteiger partial charge in [-0.25, -0.2) is 4.99 Å². The number of benzene rings is 2. The van der Waals surface area contributed by atoms with Gasteiger partial charge in [0.2, 0.25) is 0 Å². The fraction of sp³-hybridized carbons (Fsp3) is 0.370. The number of hydroxylamine groups is 1. The van der Waals surface area contributed by atoms with Gasteiger partial charge in [0.15, 0.2) is 5.78 Å². The molecule has 0 unspecified atom stereocenters. The maximum atomic E-state index is 12.7. The molecular formula is C27H32N4O3. The van der Waals surface area contributed by atoms with Crippen molar-refractivity contribution in [3.05, 3.63) is 59.2 Å². The minimum absolute atomic E-state index is 0.0771. The second-order valence-corrected chi connectivity index (χ2v) is 9.86. The van der Waals surface area contributed by atoms with Gasteiger partial charge in [0, 0.05) is 41.7 Å². The van der Waals surface area contributed by atoms with E-state index in [0.29, 0.717) is 22.7 Å². The molecule has 4 rings (SSSR count). The van der Waals surface area contributed by atoms with Crippen LogP contribution in [0.3, 0.4) is 0 Å². The molecule has 2 aliphatic heterocycles. The number of amidine groups is 1. The Hall–Kier alpha value is -3.29. The zero-order chi connectivity index (χ0) is 24.3. The molecule has 2 aliphatic rings. The fourth-order valence-electron chi connectivity index (χ4n) is 4.07. The molecule has 0 aliphatic carbocycles. The minimum atomic E-state index is -0.249. The van der Waals surface area contributed by atoms with Gasteiger partial charge in [-0.2, -0.15) is 5.48 Å². The molecular weight excluding hydrogens is 428 g/mol. The zero-order valence-electron chi connectivity index (χ0n) is 20.1. The smallest absolute Gasteiger partial charge is 0.253 e. The molecule has 0 bridgehead atoms. The molecule has 2 aromatic carbocycles. The van der Waals surface area contributed by atoms with Crippen molar-refractivity contribution in [2.24, 2.45) is 10.7 Å². The highest BCUT2D eigenvalue weighted by Crippen LogP contribution is 2.32. The third-order valence-corrected chi connectivity index (χ3v) is 5.79. The molecule has 178 valence electrons. The van der Waals surface area contributed by atoms with Crippen molar-refractivity contribution >= 4 is 29.3 Å². The van der Waals surface area contributed by atoms with Gasteiger partial charge >= 0.3 is 0 Å². The SMILES string of the molecule is CC(C)(C)NOCC(=O)C1=Cc2ccc(-c3ccc(C(=O)N4CCCC4)cc3)cc2N=C(N)C1. The highest BCUT2D eigenvalue weighted by Gasteiger charge is 2.20. The number of amides is 1. The lowest BCUT2D eigenvalue weighted by Gasteiger charge is -2.19. The third kappa shape index (κ3) is 5.79. The first-order chi connectivity index (χ1) is 16.2. The summed E-state index contributed by atoms with van der Waals surface area (Å²) in [5.74, 6) is 0.336. The monoisotopic (exact) mass is 460 g/mol. The van der Waals surface area contributed by atoms with Crippen molar-refractivity contribution in [1.29, 1.82) is 0 Å². The largest absolute Gasteiger partial charge is 0.387 e. The fourth-order valence-corrected chi connectivity index (χ4v) is 4.07. The van der Waals surface area contributed by atoms with Crippen LogP contribution in [0, 0.1) is 0 Å². The van der Waals surface area contributed by atoms with E-state index in [1.807, 2.05) is 74.2 Å². The molecule has 2 aromatic rings. The van der Waals surface area contributed by atoms with Crippen LogP contribution in [-0.4, -0.2) is 47.7 Å². The number of ketones is 1. The average Bonchev–Trinajstić information content (AvgIpc) is 3.27. The van der Waals surface area contributed by atoms with Crippen molar-refractivity contribution in [2.75, 3.05) is 19.7 Å². The number of aliphatic imine (C=N–C) groups is 1. The van der Waals surface area contributed by atoms with E-state index in [-0.39, 0.29) is 30.3 Å². The normalized spacial score (nSPS) is 15.9. The number of nitrogens with zero attached hydrogens (tertiary/aromatic N) is 2. The summed E-state index contributed by atoms with van der Waals surface area (Å²) in [7, 11) is 0. The molecule has 1 saturated heterocycles. The number of hydrogen-bond acceptors (Lipinski definition) is 6. The zero-order valence-corrected chi connectivity index (χ0v) is 20.1. The van der Waals surface area contributed by atoms with Gasteiger partial charge in [0.1, 0.15) is 12.4 Å². The summed E-state index contributed by atoms with van der Waals surface area (Å²) in [5.41, 5.74) is 13.5. The quantitative estimate of drug-likeness (QED) is 0.628.